The van der Waals surface area contributed by atoms with Crippen LogP contribution in [-0.4, -0.2) is 35.7 Å². The molecule has 33 heavy (non-hydrogen) atoms. The van der Waals surface area contributed by atoms with Gasteiger partial charge in [-0.3, -0.25) is 4.90 Å². The lowest BCUT2D eigenvalue weighted by atomic mass is 9.87. The van der Waals surface area contributed by atoms with E-state index in [9.17, 15) is 13.2 Å². The van der Waals surface area contributed by atoms with E-state index in [1.54, 1.807) is 0 Å². The molecule has 1 aliphatic heterocycles. The molecule has 1 saturated heterocycles. The Bertz CT molecular complexity index is 993. The average molecular weight is 459 g/mol. The third-order valence-electron chi connectivity index (χ3n) is 6.06. The van der Waals surface area contributed by atoms with Gasteiger partial charge in [0.2, 0.25) is 0 Å². The Morgan fingerprint density at radius 2 is 1.82 bits per heavy atom. The number of likely N-dealkylation sites (tertiary alicyclic amines) is 1. The third-order valence-corrected chi connectivity index (χ3v) is 6.06. The highest BCUT2D eigenvalue weighted by atomic mass is 19.4. The number of halogens is 3. The summed E-state index contributed by atoms with van der Waals surface area (Å²) in [6.07, 6.45) is 10.9. The number of hydrogen-bond acceptors (Lipinski definition) is 1. The predicted molar refractivity (Wildman–Crippen MR) is 134 cm³/mol. The van der Waals surface area contributed by atoms with Gasteiger partial charge < -0.3 is 4.98 Å². The molecule has 1 aromatic carbocycles. The number of nitrogens with zero attached hydrogens (tertiary/aromatic N) is 1. The average Bonchev–Trinajstić information content (AvgIpc) is 3.13. The number of hydrogen-bond donors (Lipinski definition) is 1. The van der Waals surface area contributed by atoms with Gasteiger partial charge in [0, 0.05) is 16.6 Å². The number of aromatic amines is 1. The summed E-state index contributed by atoms with van der Waals surface area (Å²) in [5, 5.41) is 1.24. The van der Waals surface area contributed by atoms with Crippen molar-refractivity contribution in [1.29, 1.82) is 0 Å². The van der Waals surface area contributed by atoms with Crippen molar-refractivity contribution in [3.8, 4) is 12.8 Å². The summed E-state index contributed by atoms with van der Waals surface area (Å²) in [5.74, 6) is 0.675. The van der Waals surface area contributed by atoms with Gasteiger partial charge >= 0.3 is 6.18 Å². The molecule has 0 saturated carbocycles. The number of allylic oxidation sites excluding steroid dienone is 4. The molecule has 0 atom stereocenters. The summed E-state index contributed by atoms with van der Waals surface area (Å²) in [6.45, 7) is 11.0. The molecular formula is C28H37F3N2. The number of rotatable bonds is 6. The first-order chi connectivity index (χ1) is 15.6. The lowest BCUT2D eigenvalue weighted by Gasteiger charge is -2.32. The minimum atomic E-state index is -4.12. The van der Waals surface area contributed by atoms with E-state index < -0.39 is 12.7 Å². The molecule has 2 aromatic rings. The first kappa shape index (κ1) is 26.8. The maximum atomic E-state index is 12.7. The van der Waals surface area contributed by atoms with Crippen LogP contribution in [0, 0.1) is 12.8 Å². The van der Waals surface area contributed by atoms with Crippen molar-refractivity contribution >= 4 is 16.5 Å². The lowest BCUT2D eigenvalue weighted by Crippen LogP contribution is -2.39. The molecule has 1 aromatic heterocycles. The quantitative estimate of drug-likeness (QED) is 0.343. The van der Waals surface area contributed by atoms with Gasteiger partial charge in [0.25, 0.3) is 0 Å². The van der Waals surface area contributed by atoms with Crippen LogP contribution in [0.4, 0.5) is 13.2 Å². The van der Waals surface area contributed by atoms with Crippen LogP contribution in [0.2, 0.25) is 0 Å². The second-order valence-electron chi connectivity index (χ2n) is 9.33. The Morgan fingerprint density at radius 3 is 2.33 bits per heavy atom. The molecule has 2 heterocycles. The maximum Gasteiger partial charge on any atom is 0.401 e. The Hall–Kier alpha value is -2.45. The van der Waals surface area contributed by atoms with Crippen LogP contribution in [0.5, 0.6) is 0 Å². The Balaban J connectivity index is 0.00000187. The van der Waals surface area contributed by atoms with E-state index in [0.29, 0.717) is 24.9 Å². The van der Waals surface area contributed by atoms with Gasteiger partial charge in [-0.25, -0.2) is 0 Å². The number of aromatic nitrogens is 1. The van der Waals surface area contributed by atoms with Crippen LogP contribution in [-0.2, 0) is 0 Å². The molecule has 3 rings (SSSR count). The zero-order chi connectivity index (χ0) is 24.8. The number of piperidine rings is 1. The van der Waals surface area contributed by atoms with Crippen molar-refractivity contribution in [2.75, 3.05) is 19.6 Å². The van der Waals surface area contributed by atoms with Crippen LogP contribution in [0.25, 0.3) is 16.5 Å². The topological polar surface area (TPSA) is 19.0 Å². The Labute approximate surface area is 196 Å². The van der Waals surface area contributed by atoms with Crippen molar-refractivity contribution in [2.45, 2.75) is 71.9 Å². The minimum absolute atomic E-state index is 0.315. The molecule has 0 amide bonds. The number of H-pyrrole nitrogens is 1. The molecular weight excluding hydrogens is 421 g/mol. The molecule has 5 heteroatoms. The van der Waals surface area contributed by atoms with E-state index in [-0.39, 0.29) is 0 Å². The summed E-state index contributed by atoms with van der Waals surface area (Å²) in [5.41, 5.74) is 7.37. The van der Waals surface area contributed by atoms with Crippen molar-refractivity contribution in [3.63, 3.8) is 0 Å². The van der Waals surface area contributed by atoms with E-state index in [4.69, 9.17) is 0 Å². The highest BCUT2D eigenvalue weighted by Gasteiger charge is 2.32. The standard InChI is InChI=1S/C26H35F3N2.C2H2/c1-6-7-21(14-17(2)3)25-24(18(4)5)22-15-20(8-9-23(22)30-25)19-10-12-31(13-11-19)16-26(27,28)29;1-2/h7-9,14-15,18-19,30H,6,10-13,16H2,1-5H3;1-2H/b21-7+;. The lowest BCUT2D eigenvalue weighted by molar-refractivity contribution is -0.147. The van der Waals surface area contributed by atoms with E-state index in [1.807, 2.05) is 0 Å². The number of fused-ring (bicyclic) bond motifs is 1. The van der Waals surface area contributed by atoms with E-state index in [2.05, 4.69) is 82.8 Å². The fraction of sp³-hybridized carbons (Fsp3) is 0.500. The van der Waals surface area contributed by atoms with Crippen molar-refractivity contribution in [1.82, 2.24) is 9.88 Å². The van der Waals surface area contributed by atoms with E-state index in [0.717, 1.165) is 24.8 Å². The van der Waals surface area contributed by atoms with Crippen LogP contribution >= 0.6 is 0 Å². The molecule has 1 N–H and O–H groups in total. The van der Waals surface area contributed by atoms with E-state index in [1.165, 1.54) is 38.3 Å². The van der Waals surface area contributed by atoms with Crippen LogP contribution in [0.1, 0.15) is 82.5 Å². The molecule has 0 unspecified atom stereocenters. The molecule has 0 bridgehead atoms. The van der Waals surface area contributed by atoms with Gasteiger partial charge in [0.15, 0.2) is 0 Å². The molecule has 0 radical (unpaired) electrons. The summed E-state index contributed by atoms with van der Waals surface area (Å²) < 4.78 is 38.1. The van der Waals surface area contributed by atoms with Crippen molar-refractivity contribution in [3.05, 3.63) is 52.7 Å². The summed E-state index contributed by atoms with van der Waals surface area (Å²) in [6, 6.07) is 6.58. The number of benzene rings is 1. The number of terminal acetylenes is 1. The van der Waals surface area contributed by atoms with Crippen LogP contribution in [0.3, 0.4) is 0 Å². The Kier molecular flexibility index (Phi) is 9.43. The van der Waals surface area contributed by atoms with Gasteiger partial charge in [-0.1, -0.05) is 44.6 Å². The second kappa shape index (κ2) is 11.6. The van der Waals surface area contributed by atoms with Crippen molar-refractivity contribution < 1.29 is 13.2 Å². The normalized spacial score (nSPS) is 16.0. The van der Waals surface area contributed by atoms with Gasteiger partial charge in [0.1, 0.15) is 0 Å². The molecule has 2 nitrogen and oxygen atoms in total. The van der Waals surface area contributed by atoms with E-state index >= 15 is 0 Å². The zero-order valence-corrected chi connectivity index (χ0v) is 20.5. The highest BCUT2D eigenvalue weighted by Crippen LogP contribution is 2.37. The van der Waals surface area contributed by atoms with Gasteiger partial charge in [0.05, 0.1) is 6.54 Å². The second-order valence-corrected chi connectivity index (χ2v) is 9.33. The molecule has 180 valence electrons. The summed E-state index contributed by atoms with van der Waals surface area (Å²) in [7, 11) is 0. The fourth-order valence-corrected chi connectivity index (χ4v) is 4.75. The smallest absolute Gasteiger partial charge is 0.354 e. The van der Waals surface area contributed by atoms with Gasteiger partial charge in [-0.15, -0.1) is 12.8 Å². The largest absolute Gasteiger partial charge is 0.401 e. The number of nitrogens with one attached hydrogen (secondary N) is 1. The predicted octanol–water partition coefficient (Wildman–Crippen LogP) is 8.04. The van der Waals surface area contributed by atoms with Crippen LogP contribution in [0.15, 0.2) is 35.9 Å². The summed E-state index contributed by atoms with van der Waals surface area (Å²) >= 11 is 0. The molecule has 0 spiro atoms. The van der Waals surface area contributed by atoms with Gasteiger partial charge in [-0.05, 0) is 86.9 Å². The molecule has 1 aliphatic rings. The van der Waals surface area contributed by atoms with Crippen molar-refractivity contribution in [2.24, 2.45) is 0 Å². The molecule has 1 fully saturated rings. The monoisotopic (exact) mass is 458 g/mol. The Morgan fingerprint density at radius 1 is 1.18 bits per heavy atom. The summed E-state index contributed by atoms with van der Waals surface area (Å²) in [4.78, 5) is 5.18. The maximum absolute atomic E-state index is 12.7. The molecule has 0 aliphatic carbocycles. The fourth-order valence-electron chi connectivity index (χ4n) is 4.75. The zero-order valence-electron chi connectivity index (χ0n) is 20.5. The van der Waals surface area contributed by atoms with Crippen LogP contribution < -0.4 is 0 Å². The first-order valence-corrected chi connectivity index (χ1v) is 11.7. The SMILES string of the molecule is C#C.CC/C=C(\C=C(C)C)c1[nH]c2ccc(C3CCN(CC(F)(F)F)CC3)cc2c1C(C)C. The third kappa shape index (κ3) is 7.01. The highest BCUT2D eigenvalue weighted by molar-refractivity contribution is 5.92. The number of alkyl halides is 3. The minimum Gasteiger partial charge on any atom is -0.354 e. The first-order valence-electron chi connectivity index (χ1n) is 11.7. The van der Waals surface area contributed by atoms with Gasteiger partial charge in [-0.2, -0.15) is 13.2 Å².